The van der Waals surface area contributed by atoms with Gasteiger partial charge in [-0.2, -0.15) is 0 Å². The summed E-state index contributed by atoms with van der Waals surface area (Å²) in [5.74, 6) is 0.554. The van der Waals surface area contributed by atoms with E-state index in [1.165, 1.54) is 32.4 Å². The van der Waals surface area contributed by atoms with E-state index >= 15 is 0 Å². The Hall–Kier alpha value is -0.0800. The average molecular weight is 185 g/mol. The Bertz CT molecular complexity index is 131. The van der Waals surface area contributed by atoms with Gasteiger partial charge in [-0.15, -0.1) is 0 Å². The topological polar surface area (TPSA) is 23.5 Å². The number of hydrogen-bond donors (Lipinski definition) is 1. The van der Waals surface area contributed by atoms with Crippen molar-refractivity contribution in [2.75, 3.05) is 13.1 Å². The Morgan fingerprint density at radius 3 is 1.92 bits per heavy atom. The third-order valence-corrected chi connectivity index (χ3v) is 2.99. The SMILES string of the molecule is CC(C)C(C(C)O)N1CCCCC1. The highest BCUT2D eigenvalue weighted by atomic mass is 16.3. The number of nitrogens with zero attached hydrogens (tertiary/aromatic N) is 1. The van der Waals surface area contributed by atoms with Gasteiger partial charge in [0.2, 0.25) is 0 Å². The van der Waals surface area contributed by atoms with Crippen LogP contribution in [-0.4, -0.2) is 35.2 Å². The predicted molar refractivity (Wildman–Crippen MR) is 55.7 cm³/mol. The lowest BCUT2D eigenvalue weighted by Gasteiger charge is -2.38. The fourth-order valence-electron chi connectivity index (χ4n) is 2.50. The maximum Gasteiger partial charge on any atom is 0.0669 e. The van der Waals surface area contributed by atoms with E-state index in [4.69, 9.17) is 0 Å². The minimum absolute atomic E-state index is 0.196. The van der Waals surface area contributed by atoms with Crippen LogP contribution < -0.4 is 0 Å². The van der Waals surface area contributed by atoms with Gasteiger partial charge in [0.15, 0.2) is 0 Å². The lowest BCUT2D eigenvalue weighted by molar-refractivity contribution is 0.0240. The normalized spacial score (nSPS) is 24.7. The van der Waals surface area contributed by atoms with Crippen molar-refractivity contribution in [3.63, 3.8) is 0 Å². The van der Waals surface area contributed by atoms with Gasteiger partial charge in [0, 0.05) is 6.04 Å². The summed E-state index contributed by atoms with van der Waals surface area (Å²) in [6.07, 6.45) is 3.77. The minimum Gasteiger partial charge on any atom is -0.392 e. The molecule has 78 valence electrons. The summed E-state index contributed by atoms with van der Waals surface area (Å²) in [7, 11) is 0. The summed E-state index contributed by atoms with van der Waals surface area (Å²) < 4.78 is 0. The molecule has 1 fully saturated rings. The second kappa shape index (κ2) is 4.97. The number of piperidine rings is 1. The van der Waals surface area contributed by atoms with Crippen molar-refractivity contribution in [2.45, 2.75) is 52.2 Å². The molecule has 0 aliphatic carbocycles. The van der Waals surface area contributed by atoms with Gasteiger partial charge >= 0.3 is 0 Å². The molecule has 1 rings (SSSR count). The maximum atomic E-state index is 9.69. The van der Waals surface area contributed by atoms with E-state index in [-0.39, 0.29) is 6.10 Å². The van der Waals surface area contributed by atoms with Crippen LogP contribution in [0.15, 0.2) is 0 Å². The molecule has 0 aromatic rings. The summed E-state index contributed by atoms with van der Waals surface area (Å²) in [6, 6.07) is 0.361. The zero-order valence-corrected chi connectivity index (χ0v) is 9.16. The zero-order valence-electron chi connectivity index (χ0n) is 9.16. The summed E-state index contributed by atoms with van der Waals surface area (Å²) in [6.45, 7) is 8.67. The molecule has 1 saturated heterocycles. The first-order valence-corrected chi connectivity index (χ1v) is 5.55. The van der Waals surface area contributed by atoms with Crippen LogP contribution in [0.2, 0.25) is 0 Å². The molecule has 1 heterocycles. The van der Waals surface area contributed by atoms with E-state index < -0.39 is 0 Å². The maximum absolute atomic E-state index is 9.69. The van der Waals surface area contributed by atoms with Crippen LogP contribution in [-0.2, 0) is 0 Å². The Balaban J connectivity index is 2.52. The van der Waals surface area contributed by atoms with Crippen LogP contribution in [0.3, 0.4) is 0 Å². The highest BCUT2D eigenvalue weighted by molar-refractivity contribution is 4.81. The highest BCUT2D eigenvalue weighted by Crippen LogP contribution is 2.19. The Labute approximate surface area is 81.9 Å². The second-order valence-electron chi connectivity index (χ2n) is 4.57. The molecule has 0 bridgehead atoms. The van der Waals surface area contributed by atoms with Crippen molar-refractivity contribution in [3.05, 3.63) is 0 Å². The second-order valence-corrected chi connectivity index (χ2v) is 4.57. The quantitative estimate of drug-likeness (QED) is 0.725. The summed E-state index contributed by atoms with van der Waals surface area (Å²) in [5.41, 5.74) is 0. The van der Waals surface area contributed by atoms with Gasteiger partial charge in [-0.3, -0.25) is 4.90 Å². The molecule has 0 radical (unpaired) electrons. The van der Waals surface area contributed by atoms with Gasteiger partial charge < -0.3 is 5.11 Å². The van der Waals surface area contributed by atoms with E-state index in [0.29, 0.717) is 12.0 Å². The van der Waals surface area contributed by atoms with Gasteiger partial charge in [0.25, 0.3) is 0 Å². The summed E-state index contributed by atoms with van der Waals surface area (Å²) in [4.78, 5) is 2.46. The van der Waals surface area contributed by atoms with Crippen LogP contribution in [0.5, 0.6) is 0 Å². The summed E-state index contributed by atoms with van der Waals surface area (Å²) in [5, 5.41) is 9.69. The van der Waals surface area contributed by atoms with E-state index in [0.717, 1.165) is 0 Å². The molecule has 0 amide bonds. The van der Waals surface area contributed by atoms with Gasteiger partial charge in [-0.05, 0) is 38.8 Å². The average Bonchev–Trinajstić information content (AvgIpc) is 2.04. The number of aliphatic hydroxyl groups excluding tert-OH is 1. The molecule has 0 aromatic carbocycles. The Kier molecular flexibility index (Phi) is 4.20. The fraction of sp³-hybridized carbons (Fsp3) is 1.00. The van der Waals surface area contributed by atoms with Gasteiger partial charge in [-0.1, -0.05) is 20.3 Å². The van der Waals surface area contributed by atoms with Crippen LogP contribution in [0, 0.1) is 5.92 Å². The van der Waals surface area contributed by atoms with Crippen molar-refractivity contribution in [3.8, 4) is 0 Å². The Morgan fingerprint density at radius 1 is 1.00 bits per heavy atom. The third kappa shape index (κ3) is 2.96. The van der Waals surface area contributed by atoms with Crippen LogP contribution in [0.1, 0.15) is 40.0 Å². The molecule has 2 nitrogen and oxygen atoms in total. The zero-order chi connectivity index (χ0) is 9.84. The van der Waals surface area contributed by atoms with Crippen molar-refractivity contribution in [1.29, 1.82) is 0 Å². The van der Waals surface area contributed by atoms with Crippen molar-refractivity contribution in [2.24, 2.45) is 5.92 Å². The minimum atomic E-state index is -0.196. The first-order chi connectivity index (χ1) is 6.13. The van der Waals surface area contributed by atoms with Crippen LogP contribution in [0.25, 0.3) is 0 Å². The van der Waals surface area contributed by atoms with Gasteiger partial charge in [-0.25, -0.2) is 0 Å². The third-order valence-electron chi connectivity index (χ3n) is 2.99. The molecule has 0 aromatic heterocycles. The monoisotopic (exact) mass is 185 g/mol. The number of rotatable bonds is 3. The van der Waals surface area contributed by atoms with E-state index in [2.05, 4.69) is 18.7 Å². The largest absolute Gasteiger partial charge is 0.392 e. The summed E-state index contributed by atoms with van der Waals surface area (Å²) >= 11 is 0. The van der Waals surface area contributed by atoms with E-state index in [1.807, 2.05) is 6.92 Å². The molecule has 0 spiro atoms. The Morgan fingerprint density at radius 2 is 1.54 bits per heavy atom. The molecule has 1 N–H and O–H groups in total. The number of likely N-dealkylation sites (tertiary alicyclic amines) is 1. The molecule has 2 unspecified atom stereocenters. The standard InChI is InChI=1S/C11H23NO/c1-9(2)11(10(3)13)12-7-5-4-6-8-12/h9-11,13H,4-8H2,1-3H3. The molecule has 2 heteroatoms. The van der Waals surface area contributed by atoms with Crippen LogP contribution in [0.4, 0.5) is 0 Å². The molecular formula is C11H23NO. The molecule has 13 heavy (non-hydrogen) atoms. The lowest BCUT2D eigenvalue weighted by Crippen LogP contribution is -2.48. The van der Waals surface area contributed by atoms with Crippen molar-refractivity contribution >= 4 is 0 Å². The number of aliphatic hydroxyl groups is 1. The molecule has 0 saturated carbocycles. The van der Waals surface area contributed by atoms with Crippen LogP contribution >= 0.6 is 0 Å². The van der Waals surface area contributed by atoms with E-state index in [9.17, 15) is 5.11 Å². The molecule has 1 aliphatic heterocycles. The molecular weight excluding hydrogens is 162 g/mol. The van der Waals surface area contributed by atoms with Gasteiger partial charge in [0.1, 0.15) is 0 Å². The molecule has 2 atom stereocenters. The molecule has 1 aliphatic rings. The highest BCUT2D eigenvalue weighted by Gasteiger charge is 2.26. The van der Waals surface area contributed by atoms with Gasteiger partial charge in [0.05, 0.1) is 6.10 Å². The first-order valence-electron chi connectivity index (χ1n) is 5.55. The number of hydrogen-bond acceptors (Lipinski definition) is 2. The first kappa shape index (κ1) is 11.0. The predicted octanol–water partition coefficient (Wildman–Crippen LogP) is 1.88. The van der Waals surface area contributed by atoms with Crippen molar-refractivity contribution < 1.29 is 5.11 Å². The van der Waals surface area contributed by atoms with Crippen molar-refractivity contribution in [1.82, 2.24) is 4.90 Å². The fourth-order valence-corrected chi connectivity index (χ4v) is 2.50. The smallest absolute Gasteiger partial charge is 0.0669 e. The van der Waals surface area contributed by atoms with E-state index in [1.54, 1.807) is 0 Å². The lowest BCUT2D eigenvalue weighted by atomic mass is 9.95.